The minimum absolute atomic E-state index is 0.0326. The first-order chi connectivity index (χ1) is 7.87. The fourth-order valence-electron chi connectivity index (χ4n) is 2.08. The Morgan fingerprint density at radius 2 is 1.82 bits per heavy atom. The lowest BCUT2D eigenvalue weighted by atomic mass is 10.1. The third-order valence-corrected chi connectivity index (χ3v) is 4.72. The van der Waals surface area contributed by atoms with Crippen molar-refractivity contribution in [2.24, 2.45) is 5.41 Å². The molecule has 4 nitrogen and oxygen atoms in total. The molecule has 1 atom stereocenters. The first-order valence-electron chi connectivity index (χ1n) is 5.81. The molecule has 0 spiro atoms. The van der Waals surface area contributed by atoms with Crippen LogP contribution in [0.25, 0.3) is 0 Å². The zero-order valence-electron chi connectivity index (χ0n) is 9.76. The summed E-state index contributed by atoms with van der Waals surface area (Å²) in [6.07, 6.45) is 2.53. The number of nitrogens with zero attached hydrogens (tertiary/aromatic N) is 1. The van der Waals surface area contributed by atoms with E-state index < -0.39 is 9.75 Å². The van der Waals surface area contributed by atoms with Gasteiger partial charge in [0, 0.05) is 13.1 Å². The molecule has 0 bridgehead atoms. The van der Waals surface area contributed by atoms with Crippen molar-refractivity contribution in [3.63, 3.8) is 0 Å². The van der Waals surface area contributed by atoms with Crippen LogP contribution in [0.1, 0.15) is 26.2 Å². The zero-order valence-corrected chi connectivity index (χ0v) is 11.3. The van der Waals surface area contributed by atoms with Crippen molar-refractivity contribution in [2.45, 2.75) is 30.5 Å². The van der Waals surface area contributed by atoms with Gasteiger partial charge in [0.15, 0.2) is 0 Å². The summed E-state index contributed by atoms with van der Waals surface area (Å²) >= 11 is 11.8. The fraction of sp³-hybridized carbons (Fsp3) is 0.818. The average Bonchev–Trinajstić information content (AvgIpc) is 2.73. The van der Waals surface area contributed by atoms with E-state index in [1.807, 2.05) is 0 Å². The molecule has 2 aliphatic rings. The molecule has 17 heavy (non-hydrogen) atoms. The summed E-state index contributed by atoms with van der Waals surface area (Å²) < 4.78 is -0.978. The normalized spacial score (nSPS) is 30.2. The highest BCUT2D eigenvalue weighted by atomic mass is 35.5. The monoisotopic (exact) mass is 278 g/mol. The molecule has 0 aromatic carbocycles. The summed E-state index contributed by atoms with van der Waals surface area (Å²) in [5.41, 5.74) is -0.749. The molecule has 2 rings (SSSR count). The van der Waals surface area contributed by atoms with Gasteiger partial charge in [0.25, 0.3) is 0 Å². The molecule has 1 saturated heterocycles. The van der Waals surface area contributed by atoms with Crippen molar-refractivity contribution in [1.82, 2.24) is 10.2 Å². The molecular formula is C11H16Cl2N2O2. The smallest absolute Gasteiger partial charge is 0.241 e. The molecular weight excluding hydrogens is 263 g/mol. The molecule has 1 heterocycles. The number of hydrogen-bond donors (Lipinski definition) is 1. The SMILES string of the molecule is CC1(C(=O)NCC(=O)N2CCCC2)CC1(Cl)Cl. The number of alkyl halides is 2. The van der Waals surface area contributed by atoms with E-state index in [0.29, 0.717) is 6.42 Å². The number of rotatable bonds is 3. The van der Waals surface area contributed by atoms with Gasteiger partial charge in [0.05, 0.1) is 12.0 Å². The summed E-state index contributed by atoms with van der Waals surface area (Å²) in [4.78, 5) is 25.3. The van der Waals surface area contributed by atoms with Gasteiger partial charge in [-0.25, -0.2) is 0 Å². The van der Waals surface area contributed by atoms with Crippen LogP contribution in [-0.2, 0) is 9.59 Å². The summed E-state index contributed by atoms with van der Waals surface area (Å²) in [5, 5.41) is 2.62. The lowest BCUT2D eigenvalue weighted by molar-refractivity contribution is -0.133. The standard InChI is InChI=1S/C11H16Cl2N2O2/c1-10(7-11(10,12)13)9(17)14-6-8(16)15-4-2-3-5-15/h2-7H2,1H3,(H,14,17). The number of likely N-dealkylation sites (tertiary alicyclic amines) is 1. The second-order valence-corrected chi connectivity index (χ2v) is 6.47. The fourth-order valence-corrected chi connectivity index (χ4v) is 2.78. The highest BCUT2D eigenvalue weighted by Crippen LogP contribution is 2.63. The molecule has 2 fully saturated rings. The molecule has 1 saturated carbocycles. The maximum atomic E-state index is 11.8. The lowest BCUT2D eigenvalue weighted by Gasteiger charge is -2.17. The molecule has 6 heteroatoms. The first kappa shape index (κ1) is 13.0. The van der Waals surface area contributed by atoms with Crippen LogP contribution in [-0.4, -0.2) is 40.7 Å². The van der Waals surface area contributed by atoms with Crippen molar-refractivity contribution >= 4 is 35.0 Å². The Bertz CT molecular complexity index is 353. The van der Waals surface area contributed by atoms with E-state index in [4.69, 9.17) is 23.2 Å². The summed E-state index contributed by atoms with van der Waals surface area (Å²) in [6.45, 7) is 3.34. The number of halogens is 2. The van der Waals surface area contributed by atoms with Crippen molar-refractivity contribution in [2.75, 3.05) is 19.6 Å². The third-order valence-electron chi connectivity index (χ3n) is 3.62. The van der Waals surface area contributed by atoms with Crippen LogP contribution in [0.5, 0.6) is 0 Å². The van der Waals surface area contributed by atoms with Crippen LogP contribution < -0.4 is 5.32 Å². The van der Waals surface area contributed by atoms with Crippen LogP contribution in [0.2, 0.25) is 0 Å². The molecule has 0 aromatic heterocycles. The highest BCUT2D eigenvalue weighted by molar-refractivity contribution is 6.53. The van der Waals surface area contributed by atoms with Gasteiger partial charge in [0.2, 0.25) is 11.8 Å². The maximum Gasteiger partial charge on any atom is 0.241 e. The minimum atomic E-state index is -0.978. The van der Waals surface area contributed by atoms with E-state index in [1.54, 1.807) is 11.8 Å². The average molecular weight is 279 g/mol. The maximum absolute atomic E-state index is 11.8. The second-order valence-electron chi connectivity index (χ2n) is 4.98. The van der Waals surface area contributed by atoms with Crippen molar-refractivity contribution < 1.29 is 9.59 Å². The van der Waals surface area contributed by atoms with E-state index in [2.05, 4.69) is 5.32 Å². The van der Waals surface area contributed by atoms with Crippen LogP contribution in [0, 0.1) is 5.41 Å². The van der Waals surface area contributed by atoms with Crippen LogP contribution >= 0.6 is 23.2 Å². The van der Waals surface area contributed by atoms with Gasteiger partial charge >= 0.3 is 0 Å². The zero-order chi connectivity index (χ0) is 12.7. The van der Waals surface area contributed by atoms with Crippen LogP contribution in [0.3, 0.4) is 0 Å². The Balaban J connectivity index is 1.79. The number of nitrogens with one attached hydrogen (secondary N) is 1. The summed E-state index contributed by atoms with van der Waals surface area (Å²) in [6, 6.07) is 0. The Morgan fingerprint density at radius 3 is 2.29 bits per heavy atom. The molecule has 0 aromatic rings. The third kappa shape index (κ3) is 2.38. The molecule has 2 amide bonds. The number of carbonyl (C=O) groups is 2. The minimum Gasteiger partial charge on any atom is -0.346 e. The van der Waals surface area contributed by atoms with Gasteiger partial charge < -0.3 is 10.2 Å². The number of carbonyl (C=O) groups excluding carboxylic acids is 2. The molecule has 0 radical (unpaired) electrons. The van der Waals surface area contributed by atoms with E-state index in [1.165, 1.54) is 0 Å². The largest absolute Gasteiger partial charge is 0.346 e. The number of amides is 2. The van der Waals surface area contributed by atoms with Gasteiger partial charge in [-0.2, -0.15) is 0 Å². The topological polar surface area (TPSA) is 49.4 Å². The molecule has 96 valence electrons. The van der Waals surface area contributed by atoms with E-state index in [-0.39, 0.29) is 18.4 Å². The Labute approximate surface area is 111 Å². The molecule has 1 aliphatic carbocycles. The van der Waals surface area contributed by atoms with Gasteiger partial charge in [-0.1, -0.05) is 0 Å². The van der Waals surface area contributed by atoms with E-state index in [9.17, 15) is 9.59 Å². The van der Waals surface area contributed by atoms with Crippen molar-refractivity contribution in [3.8, 4) is 0 Å². The van der Waals surface area contributed by atoms with Gasteiger partial charge in [-0.3, -0.25) is 9.59 Å². The first-order valence-corrected chi connectivity index (χ1v) is 6.56. The molecule has 1 N–H and O–H groups in total. The van der Waals surface area contributed by atoms with E-state index >= 15 is 0 Å². The lowest BCUT2D eigenvalue weighted by Crippen LogP contribution is -2.41. The highest BCUT2D eigenvalue weighted by Gasteiger charge is 2.67. The van der Waals surface area contributed by atoms with Gasteiger partial charge in [-0.05, 0) is 26.2 Å². The Hall–Kier alpha value is -0.480. The van der Waals surface area contributed by atoms with Crippen LogP contribution in [0.4, 0.5) is 0 Å². The Kier molecular flexibility index (Phi) is 3.29. The quantitative estimate of drug-likeness (QED) is 0.792. The number of hydrogen-bond acceptors (Lipinski definition) is 2. The van der Waals surface area contributed by atoms with Crippen LogP contribution in [0.15, 0.2) is 0 Å². The second kappa shape index (κ2) is 4.32. The summed E-state index contributed by atoms with van der Waals surface area (Å²) in [7, 11) is 0. The van der Waals surface area contributed by atoms with Gasteiger partial charge in [-0.15, -0.1) is 23.2 Å². The van der Waals surface area contributed by atoms with Crippen molar-refractivity contribution in [3.05, 3.63) is 0 Å². The van der Waals surface area contributed by atoms with Gasteiger partial charge in [0.1, 0.15) is 4.33 Å². The predicted molar refractivity (Wildman–Crippen MR) is 66.0 cm³/mol. The van der Waals surface area contributed by atoms with E-state index in [0.717, 1.165) is 25.9 Å². The Morgan fingerprint density at radius 1 is 1.29 bits per heavy atom. The molecule has 1 unspecified atom stereocenters. The van der Waals surface area contributed by atoms with Crippen molar-refractivity contribution in [1.29, 1.82) is 0 Å². The summed E-state index contributed by atoms with van der Waals surface area (Å²) in [5.74, 6) is -0.273. The molecule has 1 aliphatic heterocycles. The predicted octanol–water partition coefficient (Wildman–Crippen LogP) is 1.31.